The lowest BCUT2D eigenvalue weighted by Crippen LogP contribution is -2.17. The highest BCUT2D eigenvalue weighted by molar-refractivity contribution is 5.62. The smallest absolute Gasteiger partial charge is 0.150 e. The van der Waals surface area contributed by atoms with Gasteiger partial charge in [-0.05, 0) is 6.07 Å². The molecule has 4 nitrogen and oxygen atoms in total. The number of anilines is 1. The molecule has 2 heterocycles. The molecule has 0 radical (unpaired) electrons. The predicted molar refractivity (Wildman–Crippen MR) is 73.5 cm³/mol. The third-order valence-electron chi connectivity index (χ3n) is 2.70. The van der Waals surface area contributed by atoms with Gasteiger partial charge in [-0.3, -0.25) is 4.98 Å². The van der Waals surface area contributed by atoms with Crippen LogP contribution in [0.4, 0.5) is 10.2 Å². The molecule has 5 heteroatoms. The van der Waals surface area contributed by atoms with Gasteiger partial charge >= 0.3 is 0 Å². The van der Waals surface area contributed by atoms with Crippen LogP contribution in [-0.2, 0) is 5.41 Å². The number of rotatable bonds is 2. The van der Waals surface area contributed by atoms with Gasteiger partial charge in [0.2, 0.25) is 0 Å². The predicted octanol–water partition coefficient (Wildman–Crippen LogP) is 3.02. The number of nitrogens with one attached hydrogen (secondary N) is 1. The Kier molecular flexibility index (Phi) is 3.46. The Morgan fingerprint density at radius 2 is 1.95 bits per heavy atom. The summed E-state index contributed by atoms with van der Waals surface area (Å²) < 4.78 is 13.8. The molecular formula is C14H17FN4. The van der Waals surface area contributed by atoms with Crippen LogP contribution in [0.1, 0.15) is 26.6 Å². The Morgan fingerprint density at radius 3 is 2.53 bits per heavy atom. The zero-order chi connectivity index (χ0) is 14.0. The Bertz CT molecular complexity index is 590. The van der Waals surface area contributed by atoms with E-state index < -0.39 is 0 Å². The summed E-state index contributed by atoms with van der Waals surface area (Å²) in [7, 11) is 1.78. The van der Waals surface area contributed by atoms with Crippen molar-refractivity contribution in [2.45, 2.75) is 26.2 Å². The minimum atomic E-state index is -0.386. The first-order valence-electron chi connectivity index (χ1n) is 6.09. The zero-order valence-corrected chi connectivity index (χ0v) is 11.5. The fraction of sp³-hybridized carbons (Fsp3) is 0.357. The van der Waals surface area contributed by atoms with E-state index in [0.29, 0.717) is 22.9 Å². The van der Waals surface area contributed by atoms with Crippen molar-refractivity contribution in [2.75, 3.05) is 12.4 Å². The SMILES string of the molecule is CNc1cc(-c2ccncc2F)nc(C(C)(C)C)n1. The Balaban J connectivity index is 2.61. The second-order valence-corrected chi connectivity index (χ2v) is 5.32. The van der Waals surface area contributed by atoms with E-state index in [2.05, 4.69) is 20.3 Å². The molecule has 100 valence electrons. The lowest BCUT2D eigenvalue weighted by Gasteiger charge is -2.18. The van der Waals surface area contributed by atoms with Crippen molar-refractivity contribution in [3.05, 3.63) is 36.2 Å². The maximum Gasteiger partial charge on any atom is 0.150 e. The van der Waals surface area contributed by atoms with Crippen LogP contribution in [0.25, 0.3) is 11.3 Å². The molecule has 0 aliphatic carbocycles. The van der Waals surface area contributed by atoms with Crippen LogP contribution in [0.3, 0.4) is 0 Å². The second kappa shape index (κ2) is 4.91. The van der Waals surface area contributed by atoms with Crippen LogP contribution in [0.2, 0.25) is 0 Å². The van der Waals surface area contributed by atoms with Crippen molar-refractivity contribution in [3.63, 3.8) is 0 Å². The van der Waals surface area contributed by atoms with E-state index in [9.17, 15) is 4.39 Å². The fourth-order valence-corrected chi connectivity index (χ4v) is 1.63. The second-order valence-electron chi connectivity index (χ2n) is 5.32. The minimum absolute atomic E-state index is 0.203. The van der Waals surface area contributed by atoms with Crippen LogP contribution < -0.4 is 5.32 Å². The van der Waals surface area contributed by atoms with Crippen molar-refractivity contribution < 1.29 is 4.39 Å². The summed E-state index contributed by atoms with van der Waals surface area (Å²) in [5, 5.41) is 2.98. The van der Waals surface area contributed by atoms with E-state index in [-0.39, 0.29) is 11.2 Å². The molecule has 0 aliphatic heterocycles. The molecule has 2 aromatic rings. The molecule has 0 bridgehead atoms. The average Bonchev–Trinajstić information content (AvgIpc) is 2.37. The average molecular weight is 260 g/mol. The van der Waals surface area contributed by atoms with E-state index in [1.807, 2.05) is 20.8 Å². The van der Waals surface area contributed by atoms with Crippen LogP contribution >= 0.6 is 0 Å². The summed E-state index contributed by atoms with van der Waals surface area (Å²) in [6.45, 7) is 6.07. The van der Waals surface area contributed by atoms with Crippen LogP contribution in [-0.4, -0.2) is 22.0 Å². The van der Waals surface area contributed by atoms with E-state index in [0.717, 1.165) is 0 Å². The van der Waals surface area contributed by atoms with Crippen molar-refractivity contribution in [1.29, 1.82) is 0 Å². The maximum atomic E-state index is 13.8. The van der Waals surface area contributed by atoms with E-state index in [1.165, 1.54) is 6.20 Å². The Hall–Kier alpha value is -2.04. The molecule has 19 heavy (non-hydrogen) atoms. The first-order chi connectivity index (χ1) is 8.91. The molecular weight excluding hydrogens is 243 g/mol. The molecule has 0 saturated heterocycles. The van der Waals surface area contributed by atoms with Crippen molar-refractivity contribution >= 4 is 5.82 Å². The van der Waals surface area contributed by atoms with Gasteiger partial charge in [0.25, 0.3) is 0 Å². The first-order valence-corrected chi connectivity index (χ1v) is 6.09. The van der Waals surface area contributed by atoms with Crippen LogP contribution in [0.5, 0.6) is 0 Å². The standard InChI is InChI=1S/C14H17FN4/c1-14(2,3)13-18-11(7-12(16-4)19-13)9-5-6-17-8-10(9)15/h5-8H,1-4H3,(H,16,18,19). The van der Waals surface area contributed by atoms with E-state index in [4.69, 9.17) is 0 Å². The maximum absolute atomic E-state index is 13.8. The molecule has 0 unspecified atom stereocenters. The number of halogens is 1. The Morgan fingerprint density at radius 1 is 1.21 bits per heavy atom. The lowest BCUT2D eigenvalue weighted by molar-refractivity contribution is 0.546. The summed E-state index contributed by atoms with van der Waals surface area (Å²) in [6, 6.07) is 3.34. The van der Waals surface area contributed by atoms with Gasteiger partial charge in [-0.25, -0.2) is 14.4 Å². The number of nitrogens with zero attached hydrogens (tertiary/aromatic N) is 3. The van der Waals surface area contributed by atoms with Gasteiger partial charge in [0.15, 0.2) is 5.82 Å². The summed E-state index contributed by atoms with van der Waals surface area (Å²) in [5.41, 5.74) is 0.786. The van der Waals surface area contributed by atoms with E-state index >= 15 is 0 Å². The highest BCUT2D eigenvalue weighted by Crippen LogP contribution is 2.26. The Labute approximate surface area is 112 Å². The molecule has 0 spiro atoms. The van der Waals surface area contributed by atoms with Gasteiger partial charge < -0.3 is 5.32 Å². The number of pyridine rings is 1. The summed E-state index contributed by atoms with van der Waals surface area (Å²) in [6.07, 6.45) is 2.74. The van der Waals surface area contributed by atoms with Gasteiger partial charge in [-0.1, -0.05) is 20.8 Å². The number of hydrogen-bond acceptors (Lipinski definition) is 4. The van der Waals surface area contributed by atoms with Gasteiger partial charge in [-0.2, -0.15) is 0 Å². The minimum Gasteiger partial charge on any atom is -0.373 e. The monoisotopic (exact) mass is 260 g/mol. The molecule has 0 amide bonds. The van der Waals surface area contributed by atoms with Gasteiger partial charge in [0.1, 0.15) is 11.6 Å². The normalized spacial score (nSPS) is 11.4. The van der Waals surface area contributed by atoms with Gasteiger partial charge in [0, 0.05) is 30.3 Å². The lowest BCUT2D eigenvalue weighted by atomic mass is 9.95. The topological polar surface area (TPSA) is 50.7 Å². The number of aromatic nitrogens is 3. The fourth-order valence-electron chi connectivity index (χ4n) is 1.63. The van der Waals surface area contributed by atoms with Crippen LogP contribution in [0, 0.1) is 5.82 Å². The van der Waals surface area contributed by atoms with Crippen molar-refractivity contribution in [2.24, 2.45) is 0 Å². The van der Waals surface area contributed by atoms with Gasteiger partial charge in [-0.15, -0.1) is 0 Å². The highest BCUT2D eigenvalue weighted by Gasteiger charge is 2.20. The zero-order valence-electron chi connectivity index (χ0n) is 11.5. The summed E-state index contributed by atoms with van der Waals surface area (Å²) in [5.74, 6) is 0.958. The number of hydrogen-bond donors (Lipinski definition) is 1. The largest absolute Gasteiger partial charge is 0.373 e. The van der Waals surface area contributed by atoms with Gasteiger partial charge in [0.05, 0.1) is 11.9 Å². The molecule has 0 aromatic carbocycles. The van der Waals surface area contributed by atoms with Crippen LogP contribution in [0.15, 0.2) is 24.5 Å². The third-order valence-corrected chi connectivity index (χ3v) is 2.70. The van der Waals surface area contributed by atoms with E-state index in [1.54, 1.807) is 25.4 Å². The quantitative estimate of drug-likeness (QED) is 0.901. The molecule has 2 rings (SSSR count). The first kappa shape index (κ1) is 13.4. The molecule has 0 saturated carbocycles. The summed E-state index contributed by atoms with van der Waals surface area (Å²) in [4.78, 5) is 12.6. The molecule has 0 aliphatic rings. The summed E-state index contributed by atoms with van der Waals surface area (Å²) >= 11 is 0. The van der Waals surface area contributed by atoms with Crippen molar-refractivity contribution in [3.8, 4) is 11.3 Å². The molecule has 1 N–H and O–H groups in total. The van der Waals surface area contributed by atoms with Crippen molar-refractivity contribution in [1.82, 2.24) is 15.0 Å². The highest BCUT2D eigenvalue weighted by atomic mass is 19.1. The third kappa shape index (κ3) is 2.86. The molecule has 0 atom stereocenters. The molecule has 2 aromatic heterocycles. The molecule has 0 fully saturated rings.